The van der Waals surface area contributed by atoms with E-state index in [-0.39, 0.29) is 200 Å². The van der Waals surface area contributed by atoms with Crippen LogP contribution in [0.4, 0.5) is 9.59 Å². The Balaban J connectivity index is -0.000000299. The number of ether oxygens (including phenoxy) is 12. The summed E-state index contributed by atoms with van der Waals surface area (Å²) in [6.45, 7) is 44.9. The fraction of sp³-hybridized carbons (Fsp3) is 0.831. The van der Waals surface area contributed by atoms with Gasteiger partial charge < -0.3 is 88.5 Å². The quantitative estimate of drug-likeness (QED) is 0.00721. The number of fused-ring (bicyclic) bond motifs is 1. The Morgan fingerprint density at radius 3 is 1.60 bits per heavy atom. The molecule has 6 aliphatic rings. The van der Waals surface area contributed by atoms with Crippen LogP contribution in [0.15, 0.2) is 49.6 Å². The molecule has 1 radical (unpaired) electrons. The summed E-state index contributed by atoms with van der Waals surface area (Å²) in [5, 5.41) is 37.5. The van der Waals surface area contributed by atoms with E-state index in [0.29, 0.717) is 38.1 Å². The van der Waals surface area contributed by atoms with Gasteiger partial charge in [-0.25, -0.2) is 9.59 Å². The molecule has 6 aliphatic heterocycles. The zero-order valence-corrected chi connectivity index (χ0v) is 82.8. The third kappa shape index (κ3) is 67.0. The van der Waals surface area contributed by atoms with Crippen LogP contribution in [0, 0.1) is 0 Å². The molecule has 20 atom stereocenters. The van der Waals surface area contributed by atoms with E-state index in [1.807, 2.05) is 33.8 Å². The second-order valence-corrected chi connectivity index (χ2v) is 32.0. The van der Waals surface area contributed by atoms with Crippen LogP contribution in [0.3, 0.4) is 0 Å². The second kappa shape index (κ2) is 79.0. The zero-order valence-electron chi connectivity index (χ0n) is 74.5. The van der Waals surface area contributed by atoms with Crippen molar-refractivity contribution in [1.82, 2.24) is 0 Å². The number of unbranched alkanes of at least 4 members (excludes halogenated alkanes) is 7. The molecule has 0 amide bonds. The summed E-state index contributed by atoms with van der Waals surface area (Å²) in [6.07, 6.45) is 39.9. The minimum atomic E-state index is -0.762. The number of esters is 2. The summed E-state index contributed by atoms with van der Waals surface area (Å²) in [5.41, 5.74) is -0.530. The number of aliphatic hydroxyl groups is 3. The van der Waals surface area contributed by atoms with Crippen molar-refractivity contribution in [3.63, 3.8) is 0 Å². The maximum Gasteiger partial charge on any atom is 1.00 e. The van der Waals surface area contributed by atoms with Gasteiger partial charge in [-0.2, -0.15) is 0 Å². The van der Waals surface area contributed by atoms with E-state index in [0.717, 1.165) is 165 Å². The average Bonchev–Trinajstić information content (AvgIpc) is 1.82. The van der Waals surface area contributed by atoms with Crippen LogP contribution < -0.4 is 108 Å². The summed E-state index contributed by atoms with van der Waals surface area (Å²) >= 11 is 7.18. The van der Waals surface area contributed by atoms with Gasteiger partial charge in [0.15, 0.2) is 6.10 Å². The molecule has 0 aromatic rings. The van der Waals surface area contributed by atoms with Crippen molar-refractivity contribution < 1.29 is 215 Å². The number of hydrogen-bond donors (Lipinski definition) is 3. The van der Waals surface area contributed by atoms with Crippen molar-refractivity contribution in [1.29, 1.82) is 1.34 Å². The molecule has 23 nitrogen and oxygen atoms in total. The summed E-state index contributed by atoms with van der Waals surface area (Å²) < 4.78 is 72.1. The van der Waals surface area contributed by atoms with Gasteiger partial charge in [-0.1, -0.05) is 168 Å². The first kappa shape index (κ1) is 119. The minimum absolute atomic E-state index is 0. The number of alkyl halides is 2. The molecule has 0 saturated carbocycles. The Morgan fingerprint density at radius 2 is 1.12 bits per heavy atom. The molecule has 6 heterocycles. The topological polar surface area (TPSA) is 306 Å². The summed E-state index contributed by atoms with van der Waals surface area (Å²) in [4.78, 5) is 66.3. The standard InChI is InChI=1S/C16H28O4.C14H24O5.C12H19BrO4.C12H22O.C11H21BrO3.C11H20O2.C6H12O.CH2O3.B2HS.2K.H/c1-6-7-8-9-13-14(11-10-12(2)18-13)19-15(17)20-16(3,4)5;1-4-5-6-7-12-8-9-13(17-10(2)15)14(19-12)18-11(3)16;1-3-9-8(13)6-11-10(16-12(14)17-11)5-4-7(2)15-9;1-4-7-8-10-12(9-5-2)13-11-6-3;1-3-11-8(12)6-10(14)9(13)5-4-7(2)15-11;1-3-4-5-6-11-10(12)8-7-9(2)13-11;1-2-3-4-5-6-7;2-1-4-3;1-3-2;;;/h7-8,12-14H,6,9-11H2,1-5H3;12-14H,4-9H2,1-3H3;7-11H,3-6H2,1-2H3;5-6,12H,2-4,7-11H2,1H3;7-11,13-14H,3-6H2,1-2H3;4-5,9-12H,3,6-8H2,1-2H3;6H,2-5H2,1H3;1,3H;1H;;;/q;;;;;;;;;2*+1;-1/p-1/b8-7+;;;;;5-4+;;;;;;/t2*12-,13-,14-;7-,8-,9+,10-,11+;;7-,8-,9-,10+,11+;9-,10-,11-;;;;;;/m000.00....../s1/i;;;;;;;;1D;;;. The third-order valence-electron chi connectivity index (χ3n) is 18.1. The van der Waals surface area contributed by atoms with Crippen molar-refractivity contribution in [2.24, 2.45) is 0 Å². The van der Waals surface area contributed by atoms with Gasteiger partial charge in [-0.05, 0) is 183 Å². The Labute approximate surface area is 791 Å². The number of hydrogen-bond acceptors (Lipinski definition) is 23. The molecule has 0 aromatic carbocycles. The zero-order chi connectivity index (χ0) is 85.2. The number of allylic oxidation sites excluding steroid dienone is 2. The Morgan fingerprint density at radius 1 is 0.637 bits per heavy atom. The van der Waals surface area contributed by atoms with Crippen LogP contribution in [0.2, 0.25) is 0 Å². The van der Waals surface area contributed by atoms with E-state index in [9.17, 15) is 39.3 Å². The van der Waals surface area contributed by atoms with Crippen LogP contribution in [0.1, 0.15) is 311 Å². The molecule has 1 unspecified atom stereocenters. The Bertz CT molecular complexity index is 2530. The third-order valence-corrected chi connectivity index (χ3v) is 20.0. The van der Waals surface area contributed by atoms with Gasteiger partial charge in [0.1, 0.15) is 30.2 Å². The number of halogens is 2. The fourth-order valence-electron chi connectivity index (χ4n) is 12.2. The molecule has 0 spiro atoms. The second-order valence-electron chi connectivity index (χ2n) is 29.4. The first-order valence-corrected chi connectivity index (χ1v) is 43.6. The molecule has 647 valence electrons. The van der Waals surface area contributed by atoms with Gasteiger partial charge in [-0.3, -0.25) is 14.4 Å². The molecule has 0 bridgehead atoms. The Hall–Kier alpha value is -0.237. The molecular formula is C83H149B2Br2K2O23S. The molecule has 0 aliphatic carbocycles. The average molecular weight is 1810 g/mol. The normalized spacial score (nSPS) is 28.1. The molecule has 3 N–H and O–H groups in total. The van der Waals surface area contributed by atoms with Crippen molar-refractivity contribution in [2.75, 3.05) is 6.61 Å². The molecular weight excluding hydrogens is 1660 g/mol. The van der Waals surface area contributed by atoms with Crippen LogP contribution in [0.5, 0.6) is 0 Å². The largest absolute Gasteiger partial charge is 1.00 e. The van der Waals surface area contributed by atoms with E-state index in [1.54, 1.807) is 6.08 Å². The summed E-state index contributed by atoms with van der Waals surface area (Å²) in [7, 11) is 0.898. The number of carbonyl (C=O) groups excluding carboxylic acids is 6. The number of aliphatic hydroxyl groups excluding tert-OH is 3. The van der Waals surface area contributed by atoms with Crippen LogP contribution in [-0.4, -0.2) is 199 Å². The predicted molar refractivity (Wildman–Crippen MR) is 449 cm³/mol. The molecule has 6 saturated heterocycles. The van der Waals surface area contributed by atoms with Crippen LogP contribution in [-0.2, 0) is 80.9 Å². The summed E-state index contributed by atoms with van der Waals surface area (Å²) in [6, 6.07) is 0. The monoisotopic (exact) mass is 1800 g/mol. The van der Waals surface area contributed by atoms with Gasteiger partial charge in [0, 0.05) is 36.3 Å². The molecule has 0 aromatic heterocycles. The molecule has 113 heavy (non-hydrogen) atoms. The van der Waals surface area contributed by atoms with Gasteiger partial charge in [0.2, 0.25) is 6.29 Å². The van der Waals surface area contributed by atoms with E-state index in [4.69, 9.17) is 75.0 Å². The van der Waals surface area contributed by atoms with Crippen molar-refractivity contribution in [3.05, 3.63) is 49.6 Å². The van der Waals surface area contributed by atoms with E-state index >= 15 is 0 Å². The van der Waals surface area contributed by atoms with Crippen LogP contribution >= 0.6 is 42.5 Å². The van der Waals surface area contributed by atoms with Crippen molar-refractivity contribution >= 4 is 92.9 Å². The van der Waals surface area contributed by atoms with E-state index < -0.39 is 48.5 Å². The van der Waals surface area contributed by atoms with Gasteiger partial charge in [-0.15, -0.1) is 13.2 Å². The number of aldehydes is 1. The van der Waals surface area contributed by atoms with E-state index in [1.165, 1.54) is 52.4 Å². The maximum absolute atomic E-state index is 11.8. The van der Waals surface area contributed by atoms with Gasteiger partial charge in [0.25, 0.3) is 6.47 Å². The minimum Gasteiger partial charge on any atom is -1.00 e. The predicted octanol–water partition coefficient (Wildman–Crippen LogP) is 11.6. The number of rotatable bonds is 29. The summed E-state index contributed by atoms with van der Waals surface area (Å²) in [5.74, 6) is -0.799. The van der Waals surface area contributed by atoms with Crippen LogP contribution in [0.25, 0.3) is 0 Å². The first-order valence-electron chi connectivity index (χ1n) is 41.4. The number of carbonyl (C=O) groups is 6. The first-order chi connectivity index (χ1) is 53.3. The molecule has 6 fully saturated rings. The Kier molecular flexibility index (Phi) is 83.2. The van der Waals surface area contributed by atoms with Gasteiger partial charge >= 0.3 is 152 Å². The smallest absolute Gasteiger partial charge is 1.00 e. The maximum atomic E-state index is 11.8. The SMILES string of the molecule is C=CCOC(CC=C)CCCCC.CC/C=C/C[C@@H]1O[C@@H](C)CC[C@@H]1O.CC/C=C/C[C@@H]1O[C@@H](C)CC[C@@H]1OC(=O)OC(C)(C)C.CCCCCC=O.CCCCC[C@H]1CC[C@H](OC(C)=O)[C@@H](OC(C)=O)O1.CC[C@H]1O[C@@H](C)CC[C@@H]2OC(=O)O[C@@H]2C[C@@H]1Br.CC[C@H]1O[C@@H](C)CC[C@H](O)[C@H](O)C[C@@H]1Br.O=CO[O-].[2H]B=S=[B].[H-].[K+].[K+]. The van der Waals surface area contributed by atoms with Crippen molar-refractivity contribution in [2.45, 2.75) is 435 Å². The molecule has 30 heteroatoms. The fourth-order valence-corrected chi connectivity index (χ4v) is 14.0. The molecule has 6 rings (SSSR count). The van der Waals surface area contributed by atoms with Gasteiger partial charge in [0.05, 0.1) is 86.0 Å². The van der Waals surface area contributed by atoms with Crippen molar-refractivity contribution in [3.8, 4) is 0 Å². The van der Waals surface area contributed by atoms with E-state index in [2.05, 4.69) is 143 Å².